The van der Waals surface area contributed by atoms with Crippen molar-refractivity contribution >= 4 is 12.2 Å². The Balaban J connectivity index is 1.82. The molecule has 2 rings (SSSR count). The first-order valence-electron chi connectivity index (χ1n) is 8.11. The van der Waals surface area contributed by atoms with Crippen molar-refractivity contribution in [3.8, 4) is 0 Å². The molecule has 5 nitrogen and oxygen atoms in total. The van der Waals surface area contributed by atoms with Crippen LogP contribution in [-0.2, 0) is 16.1 Å². The number of rotatable bonds is 8. The van der Waals surface area contributed by atoms with Crippen molar-refractivity contribution in [2.24, 2.45) is 5.16 Å². The molecule has 1 unspecified atom stereocenters. The van der Waals surface area contributed by atoms with Gasteiger partial charge in [0.2, 0.25) is 6.41 Å². The summed E-state index contributed by atoms with van der Waals surface area (Å²) < 4.78 is 38.7. The molecule has 0 radical (unpaired) electrons. The molecule has 1 amide bonds. The van der Waals surface area contributed by atoms with Crippen LogP contribution in [0.1, 0.15) is 37.3 Å². The van der Waals surface area contributed by atoms with Crippen LogP contribution >= 0.6 is 0 Å². The summed E-state index contributed by atoms with van der Waals surface area (Å²) in [4.78, 5) is 16.6. The van der Waals surface area contributed by atoms with E-state index in [4.69, 9.17) is 0 Å². The van der Waals surface area contributed by atoms with Gasteiger partial charge in [0.15, 0.2) is 5.84 Å². The fraction of sp³-hybridized carbons (Fsp3) is 0.529. The molecule has 1 atom stereocenters. The number of unbranched alkanes of at least 4 members (excludes halogenated alkanes) is 2. The molecule has 0 bridgehead atoms. The van der Waals surface area contributed by atoms with Gasteiger partial charge in [-0.2, -0.15) is 13.2 Å². The van der Waals surface area contributed by atoms with Crippen molar-refractivity contribution in [3.63, 3.8) is 0 Å². The number of carbonyl (C=O) groups excluding carboxylic acids is 1. The Morgan fingerprint density at radius 3 is 2.48 bits per heavy atom. The van der Waals surface area contributed by atoms with Crippen LogP contribution in [0.15, 0.2) is 29.4 Å². The van der Waals surface area contributed by atoms with Gasteiger partial charge in [0.1, 0.15) is 0 Å². The maximum atomic E-state index is 12.9. The van der Waals surface area contributed by atoms with Crippen molar-refractivity contribution in [2.45, 2.75) is 44.5 Å². The molecule has 0 fully saturated rings. The summed E-state index contributed by atoms with van der Waals surface area (Å²) in [6.45, 7) is 1.64. The number of aryl methyl sites for hydroxylation is 1. The quantitative estimate of drug-likeness (QED) is 0.575. The Labute approximate surface area is 144 Å². The number of oxime groups is 1. The molecule has 0 saturated carbocycles. The smallest absolute Gasteiger partial charge is 0.356 e. The van der Waals surface area contributed by atoms with E-state index in [-0.39, 0.29) is 5.84 Å². The lowest BCUT2D eigenvalue weighted by Crippen LogP contribution is -2.54. The van der Waals surface area contributed by atoms with Crippen molar-refractivity contribution in [3.05, 3.63) is 35.4 Å². The number of alkyl halides is 3. The summed E-state index contributed by atoms with van der Waals surface area (Å²) in [6.07, 6.45) is 0.0672. The minimum atomic E-state index is -4.56. The molecule has 0 aromatic heterocycles. The molecular formula is C17H22F3N3O2. The third kappa shape index (κ3) is 4.87. The highest BCUT2D eigenvalue weighted by Crippen LogP contribution is 2.34. The van der Waals surface area contributed by atoms with Crippen LogP contribution in [0.3, 0.4) is 0 Å². The Kier molecular flexibility index (Phi) is 5.92. The number of benzene rings is 1. The van der Waals surface area contributed by atoms with Gasteiger partial charge >= 0.3 is 11.9 Å². The number of amides is 1. The lowest BCUT2D eigenvalue weighted by molar-refractivity contribution is -0.269. The minimum absolute atomic E-state index is 0.0725. The van der Waals surface area contributed by atoms with Gasteiger partial charge in [-0.05, 0) is 24.8 Å². The molecular weight excluding hydrogens is 335 g/mol. The van der Waals surface area contributed by atoms with E-state index in [9.17, 15) is 18.0 Å². The van der Waals surface area contributed by atoms with Crippen molar-refractivity contribution in [2.75, 3.05) is 13.6 Å². The fourth-order valence-electron chi connectivity index (χ4n) is 2.41. The molecule has 8 heteroatoms. The van der Waals surface area contributed by atoms with Crippen LogP contribution in [0.5, 0.6) is 0 Å². The highest BCUT2D eigenvalue weighted by atomic mass is 19.4. The molecule has 1 aromatic rings. The zero-order valence-electron chi connectivity index (χ0n) is 14.3. The normalized spacial score (nSPS) is 19.8. The van der Waals surface area contributed by atoms with Crippen molar-refractivity contribution in [1.29, 1.82) is 0 Å². The monoisotopic (exact) mass is 357 g/mol. The van der Waals surface area contributed by atoms with E-state index in [1.54, 1.807) is 24.1 Å². The predicted octanol–water partition coefficient (Wildman–Crippen LogP) is 3.05. The molecule has 0 saturated heterocycles. The summed E-state index contributed by atoms with van der Waals surface area (Å²) >= 11 is 0. The van der Waals surface area contributed by atoms with Gasteiger partial charge in [-0.15, -0.1) is 0 Å². The first-order valence-corrected chi connectivity index (χ1v) is 8.11. The maximum Gasteiger partial charge on any atom is 0.450 e. The second-order valence-electron chi connectivity index (χ2n) is 6.28. The molecule has 1 aliphatic rings. The van der Waals surface area contributed by atoms with Gasteiger partial charge in [-0.1, -0.05) is 35.8 Å². The highest BCUT2D eigenvalue weighted by Gasteiger charge is 2.57. The van der Waals surface area contributed by atoms with Gasteiger partial charge in [-0.3, -0.25) is 4.79 Å². The van der Waals surface area contributed by atoms with E-state index in [1.807, 2.05) is 12.1 Å². The van der Waals surface area contributed by atoms with E-state index < -0.39 is 11.9 Å². The van der Waals surface area contributed by atoms with E-state index in [2.05, 4.69) is 15.3 Å². The average molecular weight is 357 g/mol. The van der Waals surface area contributed by atoms with Gasteiger partial charge < -0.3 is 15.1 Å². The van der Waals surface area contributed by atoms with Gasteiger partial charge in [0.05, 0.1) is 0 Å². The summed E-state index contributed by atoms with van der Waals surface area (Å²) in [6, 6.07) is 7.21. The molecule has 1 heterocycles. The van der Waals surface area contributed by atoms with Gasteiger partial charge in [0, 0.05) is 26.1 Å². The SMILES string of the molecule is CN(C=O)CCCCCc1ccc(C2=NOC(C)(C(F)(F)F)N2)cc1. The van der Waals surface area contributed by atoms with E-state index >= 15 is 0 Å². The zero-order valence-corrected chi connectivity index (χ0v) is 14.3. The maximum absolute atomic E-state index is 12.9. The second kappa shape index (κ2) is 7.76. The lowest BCUT2D eigenvalue weighted by Gasteiger charge is -2.25. The van der Waals surface area contributed by atoms with Crippen LogP contribution in [0, 0.1) is 0 Å². The van der Waals surface area contributed by atoms with Gasteiger partial charge in [0.25, 0.3) is 0 Å². The first-order chi connectivity index (χ1) is 11.7. The van der Waals surface area contributed by atoms with Crippen molar-refractivity contribution in [1.82, 2.24) is 10.2 Å². The van der Waals surface area contributed by atoms with E-state index in [0.717, 1.165) is 51.1 Å². The average Bonchev–Trinajstić information content (AvgIpc) is 2.98. The lowest BCUT2D eigenvalue weighted by atomic mass is 10.0. The minimum Gasteiger partial charge on any atom is -0.356 e. The Morgan fingerprint density at radius 1 is 1.24 bits per heavy atom. The predicted molar refractivity (Wildman–Crippen MR) is 87.9 cm³/mol. The molecule has 1 aliphatic heterocycles. The third-order valence-corrected chi connectivity index (χ3v) is 4.10. The summed E-state index contributed by atoms with van der Waals surface area (Å²) in [5.74, 6) is 0.0725. The molecule has 0 aliphatic carbocycles. The molecule has 1 aromatic carbocycles. The molecule has 138 valence electrons. The third-order valence-electron chi connectivity index (χ3n) is 4.10. The second-order valence-corrected chi connectivity index (χ2v) is 6.28. The van der Waals surface area contributed by atoms with E-state index in [1.165, 1.54) is 0 Å². The number of nitrogens with one attached hydrogen (secondary N) is 1. The number of nitrogens with zero attached hydrogens (tertiary/aromatic N) is 2. The number of hydrogen-bond acceptors (Lipinski definition) is 4. The number of carbonyl (C=O) groups is 1. The Morgan fingerprint density at radius 2 is 1.92 bits per heavy atom. The van der Waals surface area contributed by atoms with E-state index in [0.29, 0.717) is 5.56 Å². The highest BCUT2D eigenvalue weighted by molar-refractivity contribution is 5.99. The van der Waals surface area contributed by atoms with Crippen LogP contribution in [0.4, 0.5) is 13.2 Å². The standard InChI is InChI=1S/C17H22F3N3O2/c1-16(17(18,19)20)21-15(22-25-16)14-9-7-13(8-10-14)6-4-3-5-11-23(2)12-24/h7-10,12H,3-6,11H2,1-2H3,(H,21,22). The first kappa shape index (κ1) is 19.1. The number of hydrogen-bond donors (Lipinski definition) is 1. The van der Waals surface area contributed by atoms with Crippen LogP contribution in [0.25, 0.3) is 0 Å². The Hall–Kier alpha value is -2.25. The molecule has 1 N–H and O–H groups in total. The largest absolute Gasteiger partial charge is 0.450 e. The number of amidine groups is 1. The molecule has 25 heavy (non-hydrogen) atoms. The topological polar surface area (TPSA) is 53.9 Å². The Bertz CT molecular complexity index is 617. The number of halogens is 3. The summed E-state index contributed by atoms with van der Waals surface area (Å²) in [7, 11) is 1.75. The zero-order chi connectivity index (χ0) is 18.5. The summed E-state index contributed by atoms with van der Waals surface area (Å²) in [5.41, 5.74) is -0.842. The molecule has 0 spiro atoms. The van der Waals surface area contributed by atoms with Crippen LogP contribution < -0.4 is 5.32 Å². The fourth-order valence-corrected chi connectivity index (χ4v) is 2.41. The van der Waals surface area contributed by atoms with Gasteiger partial charge in [-0.25, -0.2) is 0 Å². The van der Waals surface area contributed by atoms with Crippen molar-refractivity contribution < 1.29 is 22.8 Å². The van der Waals surface area contributed by atoms with Crippen LogP contribution in [-0.4, -0.2) is 42.6 Å². The van der Waals surface area contributed by atoms with Crippen LogP contribution in [0.2, 0.25) is 0 Å². The summed E-state index contributed by atoms with van der Waals surface area (Å²) in [5, 5.41) is 5.81.